The molecule has 2 atom stereocenters. The number of ether oxygens (including phenoxy) is 1. The molecule has 5 nitrogen and oxygen atoms in total. The van der Waals surface area contributed by atoms with Gasteiger partial charge in [0.1, 0.15) is 25.4 Å². The predicted octanol–water partition coefficient (Wildman–Crippen LogP) is -1.31. The Morgan fingerprint density at radius 3 is 2.82 bits per heavy atom. The summed E-state index contributed by atoms with van der Waals surface area (Å²) in [4.78, 5) is 9.18. The Bertz CT molecular complexity index is 103. The SMILES string of the molecule is OCC(O)COOCC1CO1. The summed E-state index contributed by atoms with van der Waals surface area (Å²) in [6.45, 7) is 0.774. The fourth-order valence-electron chi connectivity index (χ4n) is 0.468. The van der Waals surface area contributed by atoms with Gasteiger partial charge in [-0.25, -0.2) is 9.78 Å². The third kappa shape index (κ3) is 4.28. The van der Waals surface area contributed by atoms with Crippen molar-refractivity contribution in [3.05, 3.63) is 0 Å². The number of epoxide rings is 1. The lowest BCUT2D eigenvalue weighted by Crippen LogP contribution is -2.20. The van der Waals surface area contributed by atoms with E-state index in [2.05, 4.69) is 9.78 Å². The Balaban J connectivity index is 1.79. The minimum Gasteiger partial charge on any atom is -0.394 e. The van der Waals surface area contributed by atoms with Crippen LogP contribution in [0.4, 0.5) is 0 Å². The molecule has 1 aliphatic heterocycles. The van der Waals surface area contributed by atoms with Gasteiger partial charge in [-0.1, -0.05) is 0 Å². The first kappa shape index (κ1) is 8.89. The summed E-state index contributed by atoms with van der Waals surface area (Å²) in [6, 6.07) is 0. The first-order chi connectivity index (χ1) is 5.33. The first-order valence-electron chi connectivity index (χ1n) is 3.48. The maximum Gasteiger partial charge on any atom is 0.111 e. The number of aliphatic hydroxyl groups excluding tert-OH is 2. The van der Waals surface area contributed by atoms with Crippen LogP contribution in [-0.4, -0.2) is 48.8 Å². The van der Waals surface area contributed by atoms with Crippen molar-refractivity contribution >= 4 is 0 Å². The van der Waals surface area contributed by atoms with Crippen molar-refractivity contribution in [1.29, 1.82) is 0 Å². The molecule has 0 saturated carbocycles. The minimum atomic E-state index is -0.866. The zero-order valence-electron chi connectivity index (χ0n) is 6.10. The van der Waals surface area contributed by atoms with Gasteiger partial charge >= 0.3 is 0 Å². The van der Waals surface area contributed by atoms with Gasteiger partial charge in [-0.05, 0) is 0 Å². The molecule has 0 aromatic heterocycles. The molecular weight excluding hydrogens is 152 g/mol. The first-order valence-corrected chi connectivity index (χ1v) is 3.48. The molecule has 0 spiro atoms. The van der Waals surface area contributed by atoms with E-state index in [4.69, 9.17) is 14.9 Å². The Hall–Kier alpha value is -0.200. The van der Waals surface area contributed by atoms with Gasteiger partial charge in [0.05, 0.1) is 13.2 Å². The monoisotopic (exact) mass is 164 g/mol. The Labute approximate surface area is 64.4 Å². The number of hydrogen-bond acceptors (Lipinski definition) is 5. The van der Waals surface area contributed by atoms with Crippen LogP contribution in [0.3, 0.4) is 0 Å². The van der Waals surface area contributed by atoms with Crippen molar-refractivity contribution in [2.45, 2.75) is 12.2 Å². The molecule has 0 aliphatic carbocycles. The van der Waals surface area contributed by atoms with Crippen LogP contribution in [-0.2, 0) is 14.5 Å². The van der Waals surface area contributed by atoms with Crippen LogP contribution in [0.5, 0.6) is 0 Å². The molecule has 1 heterocycles. The molecule has 11 heavy (non-hydrogen) atoms. The third-order valence-electron chi connectivity index (χ3n) is 1.21. The molecule has 66 valence electrons. The topological polar surface area (TPSA) is 71.5 Å². The van der Waals surface area contributed by atoms with Gasteiger partial charge in [-0.2, -0.15) is 0 Å². The van der Waals surface area contributed by atoms with Crippen molar-refractivity contribution in [3.63, 3.8) is 0 Å². The van der Waals surface area contributed by atoms with E-state index >= 15 is 0 Å². The van der Waals surface area contributed by atoms with E-state index in [-0.39, 0.29) is 19.3 Å². The van der Waals surface area contributed by atoms with E-state index < -0.39 is 6.10 Å². The normalized spacial score (nSPS) is 25.1. The van der Waals surface area contributed by atoms with E-state index in [1.165, 1.54) is 0 Å². The molecule has 1 fully saturated rings. The van der Waals surface area contributed by atoms with Gasteiger partial charge < -0.3 is 14.9 Å². The van der Waals surface area contributed by atoms with Crippen molar-refractivity contribution in [3.8, 4) is 0 Å². The van der Waals surface area contributed by atoms with Crippen LogP contribution in [0.15, 0.2) is 0 Å². The molecule has 0 radical (unpaired) electrons. The van der Waals surface area contributed by atoms with Crippen LogP contribution >= 0.6 is 0 Å². The molecule has 0 amide bonds. The van der Waals surface area contributed by atoms with Gasteiger partial charge in [0, 0.05) is 0 Å². The summed E-state index contributed by atoms with van der Waals surface area (Å²) >= 11 is 0. The standard InChI is InChI=1S/C6H12O5/c7-1-5(8)2-10-11-4-6-3-9-6/h5-8H,1-4H2. The van der Waals surface area contributed by atoms with Crippen LogP contribution in [0, 0.1) is 0 Å². The Morgan fingerprint density at radius 1 is 1.55 bits per heavy atom. The van der Waals surface area contributed by atoms with E-state index in [0.717, 1.165) is 0 Å². The molecule has 2 unspecified atom stereocenters. The zero-order chi connectivity index (χ0) is 8.10. The summed E-state index contributed by atoms with van der Waals surface area (Å²) < 4.78 is 4.82. The fraction of sp³-hybridized carbons (Fsp3) is 1.00. The van der Waals surface area contributed by atoms with Crippen molar-refractivity contribution in [2.75, 3.05) is 26.4 Å². The van der Waals surface area contributed by atoms with E-state index in [1.54, 1.807) is 0 Å². The van der Waals surface area contributed by atoms with Crippen molar-refractivity contribution in [1.82, 2.24) is 0 Å². The highest BCUT2D eigenvalue weighted by atomic mass is 17.2. The van der Waals surface area contributed by atoms with E-state index in [1.807, 2.05) is 0 Å². The summed E-state index contributed by atoms with van der Waals surface area (Å²) in [5, 5.41) is 17.1. The molecule has 1 aliphatic rings. The second-order valence-corrected chi connectivity index (χ2v) is 2.36. The summed E-state index contributed by atoms with van der Waals surface area (Å²) in [7, 11) is 0. The van der Waals surface area contributed by atoms with Crippen LogP contribution in [0.25, 0.3) is 0 Å². The summed E-state index contributed by atoms with van der Waals surface area (Å²) in [6.07, 6.45) is -0.712. The number of hydrogen-bond donors (Lipinski definition) is 2. The highest BCUT2D eigenvalue weighted by Gasteiger charge is 2.22. The van der Waals surface area contributed by atoms with E-state index in [0.29, 0.717) is 13.2 Å². The Morgan fingerprint density at radius 2 is 2.27 bits per heavy atom. The average molecular weight is 164 g/mol. The predicted molar refractivity (Wildman–Crippen MR) is 34.7 cm³/mol. The highest BCUT2D eigenvalue weighted by Crippen LogP contribution is 2.08. The van der Waals surface area contributed by atoms with E-state index in [9.17, 15) is 0 Å². The van der Waals surface area contributed by atoms with Crippen LogP contribution < -0.4 is 0 Å². The van der Waals surface area contributed by atoms with Crippen LogP contribution in [0.2, 0.25) is 0 Å². The second-order valence-electron chi connectivity index (χ2n) is 2.36. The van der Waals surface area contributed by atoms with Crippen molar-refractivity contribution < 1.29 is 24.7 Å². The molecular formula is C6H12O5. The quantitative estimate of drug-likeness (QED) is 0.221. The average Bonchev–Trinajstić information content (AvgIpc) is 2.81. The second kappa shape index (κ2) is 4.63. The lowest BCUT2D eigenvalue weighted by molar-refractivity contribution is -0.307. The number of aliphatic hydroxyl groups is 2. The molecule has 5 heteroatoms. The molecule has 1 rings (SSSR count). The fourth-order valence-corrected chi connectivity index (χ4v) is 0.468. The van der Waals surface area contributed by atoms with Gasteiger partial charge in [-0.3, -0.25) is 0 Å². The smallest absolute Gasteiger partial charge is 0.111 e. The Kier molecular flexibility index (Phi) is 3.74. The van der Waals surface area contributed by atoms with Gasteiger partial charge in [0.2, 0.25) is 0 Å². The van der Waals surface area contributed by atoms with Gasteiger partial charge in [0.25, 0.3) is 0 Å². The molecule has 0 aromatic rings. The zero-order valence-corrected chi connectivity index (χ0v) is 6.10. The summed E-state index contributed by atoms with van der Waals surface area (Å²) in [5.74, 6) is 0. The molecule has 2 N–H and O–H groups in total. The largest absolute Gasteiger partial charge is 0.394 e. The molecule has 0 aromatic carbocycles. The minimum absolute atomic E-state index is 0.0107. The highest BCUT2D eigenvalue weighted by molar-refractivity contribution is 4.66. The number of rotatable bonds is 6. The lowest BCUT2D eigenvalue weighted by Gasteiger charge is -2.05. The summed E-state index contributed by atoms with van der Waals surface area (Å²) in [5.41, 5.74) is 0. The van der Waals surface area contributed by atoms with Gasteiger partial charge in [-0.15, -0.1) is 0 Å². The maximum absolute atomic E-state index is 8.75. The third-order valence-corrected chi connectivity index (χ3v) is 1.21. The van der Waals surface area contributed by atoms with Crippen molar-refractivity contribution in [2.24, 2.45) is 0 Å². The van der Waals surface area contributed by atoms with Gasteiger partial charge in [0.15, 0.2) is 0 Å². The molecule has 0 bridgehead atoms. The lowest BCUT2D eigenvalue weighted by atomic mass is 10.4. The van der Waals surface area contributed by atoms with Crippen LogP contribution in [0.1, 0.15) is 0 Å². The maximum atomic E-state index is 8.75. The molecule has 1 saturated heterocycles.